The number of aryl methyl sites for hydroxylation is 1. The molecule has 0 N–H and O–H groups in total. The molecule has 0 spiro atoms. The summed E-state index contributed by atoms with van der Waals surface area (Å²) in [5.41, 5.74) is 5.97. The molecule has 5 rings (SSSR count). The van der Waals surface area contributed by atoms with Crippen LogP contribution >= 0.6 is 0 Å². The molecule has 10 nitrogen and oxygen atoms in total. The largest absolute Gasteiger partial charge is 0.494 e. The van der Waals surface area contributed by atoms with E-state index in [4.69, 9.17) is 28.4 Å². The van der Waals surface area contributed by atoms with Gasteiger partial charge < -0.3 is 28.4 Å². The number of aromatic nitrogens is 2. The van der Waals surface area contributed by atoms with Crippen molar-refractivity contribution in [1.29, 1.82) is 0 Å². The fourth-order valence-corrected chi connectivity index (χ4v) is 5.85. The van der Waals surface area contributed by atoms with E-state index in [1.54, 1.807) is 19.4 Å². The second kappa shape index (κ2) is 19.2. The maximum atomic E-state index is 12.2. The van der Waals surface area contributed by atoms with Gasteiger partial charge in [-0.2, -0.15) is 0 Å². The number of hydrogen-bond donors (Lipinski definition) is 0. The first-order chi connectivity index (χ1) is 24.5. The molecular weight excluding hydrogens is 636 g/mol. The molecular formula is C40H46N2O8. The van der Waals surface area contributed by atoms with Gasteiger partial charge in [0.1, 0.15) is 17.8 Å². The Labute approximate surface area is 294 Å². The van der Waals surface area contributed by atoms with E-state index in [0.717, 1.165) is 83.0 Å². The van der Waals surface area contributed by atoms with Gasteiger partial charge in [0.15, 0.2) is 11.5 Å². The van der Waals surface area contributed by atoms with Gasteiger partial charge in [-0.25, -0.2) is 9.97 Å². The summed E-state index contributed by atoms with van der Waals surface area (Å²) in [5, 5.41) is 0. The van der Waals surface area contributed by atoms with Crippen molar-refractivity contribution in [3.63, 3.8) is 0 Å². The molecule has 0 aliphatic carbocycles. The Morgan fingerprint density at radius 3 is 2.32 bits per heavy atom. The summed E-state index contributed by atoms with van der Waals surface area (Å²) in [6.07, 6.45) is 9.82. The summed E-state index contributed by atoms with van der Waals surface area (Å²) in [6, 6.07) is 20.0. The molecule has 0 atom stereocenters. The summed E-state index contributed by atoms with van der Waals surface area (Å²) < 4.78 is 33.7. The standard InChI is InChI=1S/C40H46N2O8/c1-3-45-39(43)14-10-22-48-36-13-9-12-29(34(36)16-18-40(44)46-4-2)11-7-5-6-8-21-47-33-24-31(23-32(25-33)35-19-20-41-27-42-35)30-15-17-37-38(26-30)50-28-49-37/h9,12-13,15,17,19-20,23-27H,3-8,10-11,14,16,18,21-22,28H2,1-2H3. The Morgan fingerprint density at radius 2 is 1.50 bits per heavy atom. The zero-order chi connectivity index (χ0) is 35.0. The van der Waals surface area contributed by atoms with Crippen LogP contribution in [0.5, 0.6) is 23.0 Å². The van der Waals surface area contributed by atoms with Crippen LogP contribution in [-0.4, -0.2) is 55.1 Å². The first-order valence-electron chi connectivity index (χ1n) is 17.5. The minimum atomic E-state index is -0.223. The van der Waals surface area contributed by atoms with Gasteiger partial charge in [0, 0.05) is 24.6 Å². The molecule has 10 heteroatoms. The molecule has 1 aliphatic heterocycles. The van der Waals surface area contributed by atoms with Crippen LogP contribution in [0, 0.1) is 0 Å². The van der Waals surface area contributed by atoms with Crippen molar-refractivity contribution in [1.82, 2.24) is 9.97 Å². The molecule has 0 fully saturated rings. The molecule has 1 aromatic heterocycles. The topological polar surface area (TPSA) is 115 Å². The van der Waals surface area contributed by atoms with Crippen molar-refractivity contribution in [3.05, 3.63) is 84.3 Å². The molecule has 0 bridgehead atoms. The van der Waals surface area contributed by atoms with Crippen LogP contribution in [0.1, 0.15) is 69.9 Å². The number of rotatable bonds is 20. The van der Waals surface area contributed by atoms with Gasteiger partial charge in [0.25, 0.3) is 0 Å². The third-order valence-electron chi connectivity index (χ3n) is 8.30. The summed E-state index contributed by atoms with van der Waals surface area (Å²) in [6.45, 7) is 5.55. The first kappa shape index (κ1) is 36.2. The van der Waals surface area contributed by atoms with E-state index in [1.807, 2.05) is 55.5 Å². The van der Waals surface area contributed by atoms with E-state index in [2.05, 4.69) is 22.1 Å². The lowest BCUT2D eigenvalue weighted by Gasteiger charge is -2.16. The zero-order valence-corrected chi connectivity index (χ0v) is 29.0. The fourth-order valence-electron chi connectivity index (χ4n) is 5.85. The highest BCUT2D eigenvalue weighted by atomic mass is 16.7. The average Bonchev–Trinajstić information content (AvgIpc) is 3.61. The second-order valence-corrected chi connectivity index (χ2v) is 11.9. The number of nitrogens with zero attached hydrogens (tertiary/aromatic N) is 2. The maximum absolute atomic E-state index is 12.2. The molecule has 0 unspecified atom stereocenters. The van der Waals surface area contributed by atoms with Crippen LogP contribution in [0.25, 0.3) is 22.4 Å². The molecule has 0 amide bonds. The smallest absolute Gasteiger partial charge is 0.306 e. The van der Waals surface area contributed by atoms with Gasteiger partial charge in [0.05, 0.1) is 32.1 Å². The lowest BCUT2D eigenvalue weighted by atomic mass is 9.96. The quantitative estimate of drug-likeness (QED) is 0.0672. The number of hydrogen-bond acceptors (Lipinski definition) is 10. The Morgan fingerprint density at radius 1 is 0.720 bits per heavy atom. The van der Waals surface area contributed by atoms with E-state index in [-0.39, 0.29) is 25.2 Å². The zero-order valence-electron chi connectivity index (χ0n) is 29.0. The Bertz CT molecular complexity index is 1690. The van der Waals surface area contributed by atoms with Crippen molar-refractivity contribution in [3.8, 4) is 45.4 Å². The highest BCUT2D eigenvalue weighted by Crippen LogP contribution is 2.38. The predicted octanol–water partition coefficient (Wildman–Crippen LogP) is 7.94. The van der Waals surface area contributed by atoms with Crippen LogP contribution in [0.3, 0.4) is 0 Å². The average molecular weight is 683 g/mol. The lowest BCUT2D eigenvalue weighted by molar-refractivity contribution is -0.144. The molecule has 0 saturated heterocycles. The number of unbranched alkanes of at least 4 members (excludes halogenated alkanes) is 3. The normalized spacial score (nSPS) is 11.6. The fraction of sp³-hybridized carbons (Fsp3) is 0.400. The van der Waals surface area contributed by atoms with E-state index in [9.17, 15) is 9.59 Å². The van der Waals surface area contributed by atoms with Crippen LogP contribution in [0.4, 0.5) is 0 Å². The van der Waals surface area contributed by atoms with Crippen molar-refractivity contribution in [2.24, 2.45) is 0 Å². The van der Waals surface area contributed by atoms with Gasteiger partial charge in [-0.1, -0.05) is 31.0 Å². The molecule has 0 radical (unpaired) electrons. The maximum Gasteiger partial charge on any atom is 0.306 e. The second-order valence-electron chi connectivity index (χ2n) is 11.9. The summed E-state index contributed by atoms with van der Waals surface area (Å²) in [7, 11) is 0. The van der Waals surface area contributed by atoms with Gasteiger partial charge in [-0.3, -0.25) is 9.59 Å². The Balaban J connectivity index is 1.15. The molecule has 264 valence electrons. The van der Waals surface area contributed by atoms with Gasteiger partial charge in [-0.15, -0.1) is 0 Å². The van der Waals surface area contributed by atoms with Crippen molar-refractivity contribution >= 4 is 11.9 Å². The van der Waals surface area contributed by atoms with Crippen LogP contribution < -0.4 is 18.9 Å². The van der Waals surface area contributed by atoms with Crippen molar-refractivity contribution in [2.45, 2.75) is 71.6 Å². The van der Waals surface area contributed by atoms with E-state index < -0.39 is 0 Å². The number of esters is 2. The van der Waals surface area contributed by atoms with E-state index in [1.165, 1.54) is 5.56 Å². The number of benzene rings is 3. The molecule has 0 saturated carbocycles. The van der Waals surface area contributed by atoms with Crippen LogP contribution in [-0.2, 0) is 31.9 Å². The number of carbonyl (C=O) groups is 2. The Kier molecular flexibility index (Phi) is 13.9. The summed E-state index contributed by atoms with van der Waals surface area (Å²) in [5.74, 6) is 2.57. The van der Waals surface area contributed by atoms with E-state index >= 15 is 0 Å². The molecule has 1 aliphatic rings. The molecule has 3 aromatic carbocycles. The summed E-state index contributed by atoms with van der Waals surface area (Å²) in [4.78, 5) is 32.4. The van der Waals surface area contributed by atoms with Crippen molar-refractivity contribution in [2.75, 3.05) is 33.2 Å². The number of ether oxygens (including phenoxy) is 6. The minimum Gasteiger partial charge on any atom is -0.494 e. The minimum absolute atomic E-state index is 0.221. The van der Waals surface area contributed by atoms with Gasteiger partial charge >= 0.3 is 11.9 Å². The number of carbonyl (C=O) groups excluding carboxylic acids is 2. The van der Waals surface area contributed by atoms with Crippen molar-refractivity contribution < 1.29 is 38.0 Å². The van der Waals surface area contributed by atoms with Crippen LogP contribution in [0.15, 0.2) is 73.2 Å². The van der Waals surface area contributed by atoms with E-state index in [0.29, 0.717) is 45.7 Å². The van der Waals surface area contributed by atoms with Gasteiger partial charge in [-0.05, 0) is 111 Å². The van der Waals surface area contributed by atoms with Crippen LogP contribution in [0.2, 0.25) is 0 Å². The lowest BCUT2D eigenvalue weighted by Crippen LogP contribution is -2.10. The third-order valence-corrected chi connectivity index (χ3v) is 8.30. The molecule has 2 heterocycles. The molecule has 50 heavy (non-hydrogen) atoms. The monoisotopic (exact) mass is 682 g/mol. The summed E-state index contributed by atoms with van der Waals surface area (Å²) >= 11 is 0. The first-order valence-corrected chi connectivity index (χ1v) is 17.5. The Hall–Kier alpha value is -5.12. The predicted molar refractivity (Wildman–Crippen MR) is 189 cm³/mol. The SMILES string of the molecule is CCOC(=O)CCCOc1cccc(CCCCCCOc2cc(-c3ccc4c(c3)OCO4)cc(-c3ccncn3)c2)c1CCC(=O)OCC. The third kappa shape index (κ3) is 10.7. The highest BCUT2D eigenvalue weighted by molar-refractivity contribution is 5.75. The number of fused-ring (bicyclic) bond motifs is 1. The highest BCUT2D eigenvalue weighted by Gasteiger charge is 2.16. The van der Waals surface area contributed by atoms with Gasteiger partial charge in [0.2, 0.25) is 6.79 Å². The molecule has 4 aromatic rings.